The van der Waals surface area contributed by atoms with E-state index in [0.29, 0.717) is 0 Å². The van der Waals surface area contributed by atoms with Crippen LogP contribution in [0.2, 0.25) is 0 Å². The highest BCUT2D eigenvalue weighted by atomic mass is 15.3. The molecule has 0 radical (unpaired) electrons. The van der Waals surface area contributed by atoms with Gasteiger partial charge >= 0.3 is 0 Å². The molecule has 0 aliphatic carbocycles. The summed E-state index contributed by atoms with van der Waals surface area (Å²) in [5.74, 6) is 0. The van der Waals surface area contributed by atoms with E-state index < -0.39 is 0 Å². The van der Waals surface area contributed by atoms with Crippen molar-refractivity contribution in [3.05, 3.63) is 53.5 Å². The maximum Gasteiger partial charge on any atom is 0.0762 e. The standard InChI is InChI=1S/C17H22N4/c1-3-21-9-7-15(20-21)12-18-8-6-14-11-19-17-5-4-13(2)10-16(14)17/h4-5,7,9-11,18-19H,3,6,8,12H2,1-2H3. The fourth-order valence-corrected chi connectivity index (χ4v) is 2.61. The molecule has 0 amide bonds. The second kappa shape index (κ2) is 6.14. The summed E-state index contributed by atoms with van der Waals surface area (Å²) in [6.45, 7) is 6.95. The summed E-state index contributed by atoms with van der Waals surface area (Å²) in [4.78, 5) is 3.34. The average Bonchev–Trinajstić information content (AvgIpc) is 3.10. The Morgan fingerprint density at radius 3 is 3.00 bits per heavy atom. The number of hydrogen-bond acceptors (Lipinski definition) is 2. The van der Waals surface area contributed by atoms with Gasteiger partial charge in [0.15, 0.2) is 0 Å². The van der Waals surface area contributed by atoms with Gasteiger partial charge in [-0.2, -0.15) is 5.10 Å². The largest absolute Gasteiger partial charge is 0.361 e. The molecule has 0 saturated heterocycles. The first kappa shape index (κ1) is 13.9. The van der Waals surface area contributed by atoms with Gasteiger partial charge in [-0.3, -0.25) is 4.68 Å². The predicted octanol–water partition coefficient (Wildman–Crippen LogP) is 3.03. The Hall–Kier alpha value is -2.07. The lowest BCUT2D eigenvalue weighted by Gasteiger charge is -2.03. The third kappa shape index (κ3) is 3.16. The number of fused-ring (bicyclic) bond motifs is 1. The van der Waals surface area contributed by atoms with Gasteiger partial charge in [0, 0.05) is 36.4 Å². The molecule has 0 atom stereocenters. The van der Waals surface area contributed by atoms with Crippen LogP contribution >= 0.6 is 0 Å². The monoisotopic (exact) mass is 282 g/mol. The van der Waals surface area contributed by atoms with Crippen molar-refractivity contribution < 1.29 is 0 Å². The Balaban J connectivity index is 1.55. The first-order valence-corrected chi connectivity index (χ1v) is 7.56. The lowest BCUT2D eigenvalue weighted by atomic mass is 10.1. The third-order valence-electron chi connectivity index (χ3n) is 3.82. The van der Waals surface area contributed by atoms with Crippen molar-refractivity contribution in [1.82, 2.24) is 20.1 Å². The molecule has 1 aromatic carbocycles. The summed E-state index contributed by atoms with van der Waals surface area (Å²) < 4.78 is 1.96. The summed E-state index contributed by atoms with van der Waals surface area (Å²) in [5.41, 5.74) is 5.01. The smallest absolute Gasteiger partial charge is 0.0762 e. The molecule has 0 bridgehead atoms. The number of nitrogens with zero attached hydrogens (tertiary/aromatic N) is 2. The molecule has 21 heavy (non-hydrogen) atoms. The van der Waals surface area contributed by atoms with E-state index in [2.05, 4.69) is 59.7 Å². The second-order valence-corrected chi connectivity index (χ2v) is 5.45. The highest BCUT2D eigenvalue weighted by molar-refractivity contribution is 5.83. The Morgan fingerprint density at radius 1 is 1.29 bits per heavy atom. The molecule has 0 aliphatic rings. The van der Waals surface area contributed by atoms with Gasteiger partial charge in [0.25, 0.3) is 0 Å². The number of H-pyrrole nitrogens is 1. The maximum atomic E-state index is 4.47. The molecule has 0 aliphatic heterocycles. The molecule has 3 aromatic rings. The van der Waals surface area contributed by atoms with Gasteiger partial charge < -0.3 is 10.3 Å². The molecule has 2 heterocycles. The summed E-state index contributed by atoms with van der Waals surface area (Å²) in [5, 5.41) is 9.28. The molecular formula is C17H22N4. The van der Waals surface area contributed by atoms with Gasteiger partial charge in [0.05, 0.1) is 5.69 Å². The molecule has 3 rings (SSSR count). The van der Waals surface area contributed by atoms with E-state index in [1.807, 2.05) is 10.9 Å². The van der Waals surface area contributed by atoms with Crippen LogP contribution in [-0.2, 0) is 19.5 Å². The summed E-state index contributed by atoms with van der Waals surface area (Å²) >= 11 is 0. The summed E-state index contributed by atoms with van der Waals surface area (Å²) in [7, 11) is 0. The van der Waals surface area contributed by atoms with Gasteiger partial charge in [-0.25, -0.2) is 0 Å². The van der Waals surface area contributed by atoms with Crippen LogP contribution in [0.4, 0.5) is 0 Å². The van der Waals surface area contributed by atoms with Crippen molar-refractivity contribution in [2.24, 2.45) is 0 Å². The van der Waals surface area contributed by atoms with E-state index >= 15 is 0 Å². The lowest BCUT2D eigenvalue weighted by Crippen LogP contribution is -2.17. The average molecular weight is 282 g/mol. The van der Waals surface area contributed by atoms with Gasteiger partial charge in [0.1, 0.15) is 0 Å². The molecule has 110 valence electrons. The molecule has 4 heteroatoms. The van der Waals surface area contributed by atoms with Gasteiger partial charge in [-0.05, 0) is 50.6 Å². The van der Waals surface area contributed by atoms with Crippen LogP contribution in [0.5, 0.6) is 0 Å². The minimum atomic E-state index is 0.828. The normalized spacial score (nSPS) is 11.3. The van der Waals surface area contributed by atoms with Crippen LogP contribution < -0.4 is 5.32 Å². The Morgan fingerprint density at radius 2 is 2.19 bits per heavy atom. The van der Waals surface area contributed by atoms with E-state index in [-0.39, 0.29) is 0 Å². The SMILES string of the molecule is CCn1ccc(CNCCc2c[nH]c3ccc(C)cc23)n1. The van der Waals surface area contributed by atoms with E-state index in [9.17, 15) is 0 Å². The van der Waals surface area contributed by atoms with E-state index in [0.717, 1.165) is 31.7 Å². The van der Waals surface area contributed by atoms with Crippen molar-refractivity contribution in [2.45, 2.75) is 33.4 Å². The van der Waals surface area contributed by atoms with Crippen molar-refractivity contribution in [3.8, 4) is 0 Å². The second-order valence-electron chi connectivity index (χ2n) is 5.45. The van der Waals surface area contributed by atoms with Crippen molar-refractivity contribution in [2.75, 3.05) is 6.54 Å². The van der Waals surface area contributed by atoms with E-state index in [1.165, 1.54) is 22.0 Å². The molecule has 0 saturated carbocycles. The van der Waals surface area contributed by atoms with E-state index in [4.69, 9.17) is 0 Å². The maximum absolute atomic E-state index is 4.47. The number of aromatic amines is 1. The molecule has 0 unspecified atom stereocenters. The molecule has 0 fully saturated rings. The van der Waals surface area contributed by atoms with Gasteiger partial charge in [-0.1, -0.05) is 11.6 Å². The van der Waals surface area contributed by atoms with Crippen LogP contribution in [-0.4, -0.2) is 21.3 Å². The van der Waals surface area contributed by atoms with Gasteiger partial charge in [0.2, 0.25) is 0 Å². The highest BCUT2D eigenvalue weighted by Crippen LogP contribution is 2.19. The zero-order valence-electron chi connectivity index (χ0n) is 12.7. The number of hydrogen-bond donors (Lipinski definition) is 2. The quantitative estimate of drug-likeness (QED) is 0.683. The van der Waals surface area contributed by atoms with Crippen molar-refractivity contribution in [3.63, 3.8) is 0 Å². The number of aryl methyl sites for hydroxylation is 2. The molecule has 0 spiro atoms. The molecule has 4 nitrogen and oxygen atoms in total. The number of benzene rings is 1. The Kier molecular flexibility index (Phi) is 4.06. The molecule has 2 N–H and O–H groups in total. The van der Waals surface area contributed by atoms with Gasteiger partial charge in [-0.15, -0.1) is 0 Å². The van der Waals surface area contributed by atoms with Crippen molar-refractivity contribution in [1.29, 1.82) is 0 Å². The molecular weight excluding hydrogens is 260 g/mol. The zero-order chi connectivity index (χ0) is 14.7. The Labute approximate surface area is 125 Å². The topological polar surface area (TPSA) is 45.6 Å². The minimum absolute atomic E-state index is 0.828. The zero-order valence-corrected chi connectivity index (χ0v) is 12.7. The number of nitrogens with one attached hydrogen (secondary N) is 2. The van der Waals surface area contributed by atoms with Crippen LogP contribution in [0.15, 0.2) is 36.7 Å². The molecule has 2 aromatic heterocycles. The van der Waals surface area contributed by atoms with Crippen LogP contribution in [0.3, 0.4) is 0 Å². The number of rotatable bonds is 6. The van der Waals surface area contributed by atoms with Crippen LogP contribution in [0.25, 0.3) is 10.9 Å². The summed E-state index contributed by atoms with van der Waals surface area (Å²) in [6.07, 6.45) is 5.18. The fourth-order valence-electron chi connectivity index (χ4n) is 2.61. The first-order chi connectivity index (χ1) is 10.3. The van der Waals surface area contributed by atoms with E-state index in [1.54, 1.807) is 0 Å². The Bertz CT molecular complexity index is 723. The van der Waals surface area contributed by atoms with Crippen LogP contribution in [0.1, 0.15) is 23.7 Å². The van der Waals surface area contributed by atoms with Crippen molar-refractivity contribution >= 4 is 10.9 Å². The highest BCUT2D eigenvalue weighted by Gasteiger charge is 2.04. The number of aromatic nitrogens is 3. The predicted molar refractivity (Wildman–Crippen MR) is 86.3 cm³/mol. The first-order valence-electron chi connectivity index (χ1n) is 7.56. The summed E-state index contributed by atoms with van der Waals surface area (Å²) in [6, 6.07) is 8.62. The third-order valence-corrected chi connectivity index (χ3v) is 3.82. The fraction of sp³-hybridized carbons (Fsp3) is 0.353. The lowest BCUT2D eigenvalue weighted by molar-refractivity contribution is 0.620. The van der Waals surface area contributed by atoms with Crippen LogP contribution in [0, 0.1) is 6.92 Å². The minimum Gasteiger partial charge on any atom is -0.361 e.